The number of carbonyl (C=O) groups is 1. The Hall–Kier alpha value is -1.04. The molecule has 1 aromatic rings. The molecule has 2 aliphatic rings. The van der Waals surface area contributed by atoms with Crippen molar-refractivity contribution in [2.75, 3.05) is 0 Å². The Morgan fingerprint density at radius 3 is 2.38 bits per heavy atom. The lowest BCUT2D eigenvalue weighted by Crippen LogP contribution is -2.39. The molecule has 0 aromatic carbocycles. The van der Waals surface area contributed by atoms with Crippen molar-refractivity contribution >= 4 is 17.7 Å². The van der Waals surface area contributed by atoms with Crippen LogP contribution in [0.1, 0.15) is 89.4 Å². The van der Waals surface area contributed by atoms with Crippen molar-refractivity contribution < 1.29 is 9.21 Å². The molecule has 6 heteroatoms. The van der Waals surface area contributed by atoms with E-state index in [1.165, 1.54) is 56.7 Å². The minimum Gasteiger partial charge on any atom is -0.416 e. The molecule has 0 unspecified atom stereocenters. The lowest BCUT2D eigenvalue weighted by Gasteiger charge is -2.18. The Morgan fingerprint density at radius 1 is 1.04 bits per heavy atom. The molecule has 24 heavy (non-hydrogen) atoms. The van der Waals surface area contributed by atoms with Crippen molar-refractivity contribution in [3.8, 4) is 0 Å². The van der Waals surface area contributed by atoms with Gasteiger partial charge >= 0.3 is 0 Å². The maximum absolute atomic E-state index is 12.4. The summed E-state index contributed by atoms with van der Waals surface area (Å²) in [6.07, 6.45) is 13.3. The van der Waals surface area contributed by atoms with E-state index in [1.54, 1.807) is 0 Å². The van der Waals surface area contributed by atoms with Gasteiger partial charge in [0.15, 0.2) is 0 Å². The number of carbonyl (C=O) groups excluding carboxylic acids is 1. The molecule has 0 aliphatic heterocycles. The fourth-order valence-electron chi connectivity index (χ4n) is 3.73. The molecular weight excluding hydrogens is 322 g/mol. The molecule has 2 aliphatic carbocycles. The third-order valence-corrected chi connectivity index (χ3v) is 6.16. The van der Waals surface area contributed by atoms with Crippen LogP contribution in [0.2, 0.25) is 0 Å². The molecule has 1 N–H and O–H groups in total. The lowest BCUT2D eigenvalue weighted by atomic mass is 9.89. The van der Waals surface area contributed by atoms with Crippen LogP contribution >= 0.6 is 11.8 Å². The van der Waals surface area contributed by atoms with Gasteiger partial charge in [0.1, 0.15) is 0 Å². The molecule has 3 rings (SSSR count). The maximum atomic E-state index is 12.4. The quantitative estimate of drug-likeness (QED) is 0.627. The Morgan fingerprint density at radius 2 is 1.67 bits per heavy atom. The molecule has 1 aromatic heterocycles. The third kappa shape index (κ3) is 4.98. The molecule has 1 heterocycles. The van der Waals surface area contributed by atoms with E-state index in [1.807, 2.05) is 6.92 Å². The van der Waals surface area contributed by atoms with E-state index in [0.29, 0.717) is 17.2 Å². The van der Waals surface area contributed by atoms with Crippen LogP contribution in [0.3, 0.4) is 0 Å². The molecule has 0 spiro atoms. The van der Waals surface area contributed by atoms with Gasteiger partial charge in [0.2, 0.25) is 11.8 Å². The third-order valence-electron chi connectivity index (χ3n) is 5.22. The highest BCUT2D eigenvalue weighted by atomic mass is 32.2. The number of rotatable bonds is 5. The number of thioether (sulfide) groups is 1. The van der Waals surface area contributed by atoms with Gasteiger partial charge in [0.05, 0.1) is 5.25 Å². The maximum Gasteiger partial charge on any atom is 0.277 e. The highest BCUT2D eigenvalue weighted by Gasteiger charge is 2.24. The highest BCUT2D eigenvalue weighted by molar-refractivity contribution is 8.00. The molecule has 0 saturated heterocycles. The Balaban J connectivity index is 1.49. The topological polar surface area (TPSA) is 68.0 Å². The Labute approximate surface area is 148 Å². The number of aromatic nitrogens is 2. The average molecular weight is 352 g/mol. The monoisotopic (exact) mass is 351 g/mol. The minimum atomic E-state index is -0.201. The SMILES string of the molecule is C[C@@H](Sc1nnc(C2CCCCC2)o1)C(=O)NC1CCCCCC1. The molecule has 0 bridgehead atoms. The number of hydrogen-bond acceptors (Lipinski definition) is 5. The second kappa shape index (κ2) is 8.88. The predicted molar refractivity (Wildman–Crippen MR) is 95.1 cm³/mol. The Kier molecular flexibility index (Phi) is 6.58. The summed E-state index contributed by atoms with van der Waals surface area (Å²) in [6.45, 7) is 1.92. The normalized spacial score (nSPS) is 22.0. The first-order valence-electron chi connectivity index (χ1n) is 9.53. The summed E-state index contributed by atoms with van der Waals surface area (Å²) in [6, 6.07) is 0.337. The number of hydrogen-bond donors (Lipinski definition) is 1. The smallest absolute Gasteiger partial charge is 0.277 e. The van der Waals surface area contributed by atoms with Crippen molar-refractivity contribution in [3.05, 3.63) is 5.89 Å². The summed E-state index contributed by atoms with van der Waals surface area (Å²) in [5.74, 6) is 1.26. The molecule has 5 nitrogen and oxygen atoms in total. The van der Waals surface area contributed by atoms with Gasteiger partial charge in [0, 0.05) is 12.0 Å². The van der Waals surface area contributed by atoms with E-state index >= 15 is 0 Å². The van der Waals surface area contributed by atoms with Crippen LogP contribution in [0.4, 0.5) is 0 Å². The minimum absolute atomic E-state index is 0.0873. The first-order chi connectivity index (χ1) is 11.7. The van der Waals surface area contributed by atoms with Crippen molar-refractivity contribution in [1.29, 1.82) is 0 Å². The summed E-state index contributed by atoms with van der Waals surface area (Å²) in [5, 5.41) is 11.9. The summed E-state index contributed by atoms with van der Waals surface area (Å²) < 4.78 is 5.81. The van der Waals surface area contributed by atoms with Gasteiger partial charge in [-0.2, -0.15) is 0 Å². The van der Waals surface area contributed by atoms with Gasteiger partial charge in [-0.15, -0.1) is 10.2 Å². The van der Waals surface area contributed by atoms with Gasteiger partial charge in [-0.3, -0.25) is 4.79 Å². The Bertz CT molecular complexity index is 520. The van der Waals surface area contributed by atoms with Gasteiger partial charge < -0.3 is 9.73 Å². The summed E-state index contributed by atoms with van der Waals surface area (Å²) in [4.78, 5) is 12.4. The highest BCUT2D eigenvalue weighted by Crippen LogP contribution is 2.33. The standard InChI is InChI=1S/C18H29N3O2S/c1-13(16(22)19-15-11-7-2-3-8-12-15)24-18-21-20-17(23-18)14-9-5-4-6-10-14/h13-15H,2-12H2,1H3,(H,19,22)/t13-/m1/s1. The molecule has 134 valence electrons. The van der Waals surface area contributed by atoms with Gasteiger partial charge in [0.25, 0.3) is 5.22 Å². The molecule has 1 atom stereocenters. The average Bonchev–Trinajstić information content (AvgIpc) is 2.91. The van der Waals surface area contributed by atoms with Crippen molar-refractivity contribution in [3.63, 3.8) is 0 Å². The van der Waals surface area contributed by atoms with E-state index in [2.05, 4.69) is 15.5 Å². The molecule has 2 fully saturated rings. The zero-order chi connectivity index (χ0) is 16.8. The van der Waals surface area contributed by atoms with E-state index in [4.69, 9.17) is 4.42 Å². The predicted octanol–water partition coefficient (Wildman–Crippen LogP) is 4.44. The van der Waals surface area contributed by atoms with Gasteiger partial charge in [-0.05, 0) is 32.6 Å². The van der Waals surface area contributed by atoms with Crippen LogP contribution in [-0.4, -0.2) is 27.4 Å². The fourth-order valence-corrected chi connectivity index (χ4v) is 4.43. The second-order valence-electron chi connectivity index (χ2n) is 7.20. The number of nitrogens with one attached hydrogen (secondary N) is 1. The van der Waals surface area contributed by atoms with Crippen molar-refractivity contribution in [1.82, 2.24) is 15.5 Å². The van der Waals surface area contributed by atoms with Crippen molar-refractivity contribution in [2.45, 2.75) is 100.0 Å². The van der Waals surface area contributed by atoms with Gasteiger partial charge in [-0.1, -0.05) is 56.7 Å². The van der Waals surface area contributed by atoms with Crippen molar-refractivity contribution in [2.24, 2.45) is 0 Å². The zero-order valence-electron chi connectivity index (χ0n) is 14.6. The van der Waals surface area contributed by atoms with Crippen LogP contribution in [0.15, 0.2) is 9.64 Å². The summed E-state index contributed by atoms with van der Waals surface area (Å²) >= 11 is 1.38. The molecule has 0 radical (unpaired) electrons. The van der Waals surface area contributed by atoms with E-state index in [9.17, 15) is 4.79 Å². The first-order valence-corrected chi connectivity index (χ1v) is 10.4. The largest absolute Gasteiger partial charge is 0.416 e. The van der Waals surface area contributed by atoms with Gasteiger partial charge in [-0.25, -0.2) is 0 Å². The van der Waals surface area contributed by atoms with Crippen LogP contribution in [-0.2, 0) is 4.79 Å². The van der Waals surface area contributed by atoms with Crippen LogP contribution < -0.4 is 5.32 Å². The van der Waals surface area contributed by atoms with E-state index in [0.717, 1.165) is 31.6 Å². The second-order valence-corrected chi connectivity index (χ2v) is 8.49. The molecule has 1 amide bonds. The van der Waals surface area contributed by atoms with Crippen LogP contribution in [0, 0.1) is 0 Å². The van der Waals surface area contributed by atoms with Crippen LogP contribution in [0.5, 0.6) is 0 Å². The number of nitrogens with zero attached hydrogens (tertiary/aromatic N) is 2. The summed E-state index contributed by atoms with van der Waals surface area (Å²) in [7, 11) is 0. The molecular formula is C18H29N3O2S. The van der Waals surface area contributed by atoms with Crippen LogP contribution in [0.25, 0.3) is 0 Å². The lowest BCUT2D eigenvalue weighted by molar-refractivity contribution is -0.121. The fraction of sp³-hybridized carbons (Fsp3) is 0.833. The van der Waals surface area contributed by atoms with E-state index in [-0.39, 0.29) is 11.2 Å². The molecule has 2 saturated carbocycles. The van der Waals surface area contributed by atoms with E-state index < -0.39 is 0 Å². The number of amides is 1. The zero-order valence-corrected chi connectivity index (χ0v) is 15.4. The first kappa shape index (κ1) is 17.8. The summed E-state index contributed by atoms with van der Waals surface area (Å²) in [5.41, 5.74) is 0.